The van der Waals surface area contributed by atoms with Crippen LogP contribution in [0.15, 0.2) is 29.2 Å². The molecule has 0 bridgehead atoms. The summed E-state index contributed by atoms with van der Waals surface area (Å²) in [7, 11) is 0. The zero-order valence-electron chi connectivity index (χ0n) is 8.29. The zero-order valence-corrected chi connectivity index (χ0v) is 9.10. The largest absolute Gasteiger partial charge is 0.328 e. The summed E-state index contributed by atoms with van der Waals surface area (Å²) in [5, 5.41) is 0. The third-order valence-corrected chi connectivity index (χ3v) is 2.86. The van der Waals surface area contributed by atoms with E-state index in [1.54, 1.807) is 0 Å². The Balaban J connectivity index is 2.37. The maximum atomic E-state index is 5.67. The Hall–Kier alpha value is -0.470. The molecular weight excluding hydrogens is 178 g/mol. The molecule has 13 heavy (non-hydrogen) atoms. The minimum Gasteiger partial charge on any atom is -0.328 e. The maximum Gasteiger partial charge on any atom is 0.00745 e. The molecule has 0 aliphatic rings. The van der Waals surface area contributed by atoms with Crippen molar-refractivity contribution in [3.8, 4) is 0 Å². The summed E-state index contributed by atoms with van der Waals surface area (Å²) in [4.78, 5) is 1.35. The molecule has 1 rings (SSSR count). The van der Waals surface area contributed by atoms with Crippen molar-refractivity contribution in [1.82, 2.24) is 0 Å². The van der Waals surface area contributed by atoms with Crippen LogP contribution in [0.2, 0.25) is 0 Å². The van der Waals surface area contributed by atoms with Gasteiger partial charge in [-0.15, -0.1) is 11.8 Å². The lowest BCUT2D eigenvalue weighted by Gasteiger charge is -2.04. The third kappa shape index (κ3) is 4.34. The van der Waals surface area contributed by atoms with E-state index in [2.05, 4.69) is 38.1 Å². The van der Waals surface area contributed by atoms with Gasteiger partial charge in [0.1, 0.15) is 0 Å². The van der Waals surface area contributed by atoms with E-state index >= 15 is 0 Å². The van der Waals surface area contributed by atoms with Crippen LogP contribution in [-0.4, -0.2) is 11.8 Å². The van der Waals surface area contributed by atoms with Crippen LogP contribution < -0.4 is 5.73 Å². The fourth-order valence-corrected chi connectivity index (χ4v) is 2.24. The summed E-state index contributed by atoms with van der Waals surface area (Å²) >= 11 is 1.88. The Kier molecular flexibility index (Phi) is 4.33. The maximum absolute atomic E-state index is 5.67. The molecular formula is C11H17NS. The van der Waals surface area contributed by atoms with Crippen LogP contribution in [0.1, 0.15) is 18.9 Å². The van der Waals surface area contributed by atoms with Crippen LogP contribution in [-0.2, 0) is 0 Å². The van der Waals surface area contributed by atoms with Gasteiger partial charge in [0.25, 0.3) is 0 Å². The Morgan fingerprint density at radius 3 is 2.85 bits per heavy atom. The van der Waals surface area contributed by atoms with E-state index in [4.69, 9.17) is 5.73 Å². The normalized spacial score (nSPS) is 12.8. The van der Waals surface area contributed by atoms with Gasteiger partial charge in [-0.25, -0.2) is 0 Å². The van der Waals surface area contributed by atoms with Crippen molar-refractivity contribution in [3.63, 3.8) is 0 Å². The first-order chi connectivity index (χ1) is 6.18. The molecule has 1 atom stereocenters. The van der Waals surface area contributed by atoms with Crippen LogP contribution in [0.5, 0.6) is 0 Å². The first-order valence-corrected chi connectivity index (χ1v) is 5.62. The molecule has 0 saturated heterocycles. The summed E-state index contributed by atoms with van der Waals surface area (Å²) in [5.41, 5.74) is 7.00. The number of benzene rings is 1. The van der Waals surface area contributed by atoms with Gasteiger partial charge in [-0.1, -0.05) is 17.7 Å². The predicted octanol–water partition coefficient (Wildman–Crippen LogP) is 2.82. The van der Waals surface area contributed by atoms with Gasteiger partial charge in [0, 0.05) is 10.9 Å². The fourth-order valence-electron chi connectivity index (χ4n) is 1.07. The molecule has 1 aromatic carbocycles. The molecule has 1 aromatic rings. The average molecular weight is 195 g/mol. The molecule has 0 aromatic heterocycles. The van der Waals surface area contributed by atoms with Gasteiger partial charge in [0.05, 0.1) is 0 Å². The van der Waals surface area contributed by atoms with E-state index < -0.39 is 0 Å². The molecule has 0 fully saturated rings. The average Bonchev–Trinajstić information content (AvgIpc) is 2.03. The van der Waals surface area contributed by atoms with Crippen molar-refractivity contribution >= 4 is 11.8 Å². The van der Waals surface area contributed by atoms with Gasteiger partial charge in [0.2, 0.25) is 0 Å². The van der Waals surface area contributed by atoms with E-state index in [-0.39, 0.29) is 0 Å². The summed E-state index contributed by atoms with van der Waals surface area (Å²) < 4.78 is 0. The molecule has 0 saturated carbocycles. The van der Waals surface area contributed by atoms with Crippen LogP contribution in [0, 0.1) is 6.92 Å². The first kappa shape index (κ1) is 10.6. The van der Waals surface area contributed by atoms with E-state index in [1.807, 2.05) is 11.8 Å². The molecule has 1 nitrogen and oxygen atoms in total. The topological polar surface area (TPSA) is 26.0 Å². The number of rotatable bonds is 4. The molecule has 0 spiro atoms. The van der Waals surface area contributed by atoms with E-state index in [1.165, 1.54) is 10.5 Å². The summed E-state index contributed by atoms with van der Waals surface area (Å²) in [6.07, 6.45) is 1.08. The number of hydrogen-bond acceptors (Lipinski definition) is 2. The Morgan fingerprint density at radius 1 is 1.46 bits per heavy atom. The van der Waals surface area contributed by atoms with Gasteiger partial charge in [0.15, 0.2) is 0 Å². The number of hydrogen-bond donors (Lipinski definition) is 1. The third-order valence-electron chi connectivity index (χ3n) is 1.83. The predicted molar refractivity (Wildman–Crippen MR) is 60.2 cm³/mol. The fraction of sp³-hybridized carbons (Fsp3) is 0.455. The van der Waals surface area contributed by atoms with E-state index in [9.17, 15) is 0 Å². The highest BCUT2D eigenvalue weighted by Gasteiger charge is 1.96. The van der Waals surface area contributed by atoms with Crippen molar-refractivity contribution in [1.29, 1.82) is 0 Å². The second-order valence-electron chi connectivity index (χ2n) is 3.43. The molecule has 0 aliphatic heterocycles. The van der Waals surface area contributed by atoms with Crippen LogP contribution >= 0.6 is 11.8 Å². The van der Waals surface area contributed by atoms with Crippen LogP contribution in [0.4, 0.5) is 0 Å². The van der Waals surface area contributed by atoms with Gasteiger partial charge < -0.3 is 5.73 Å². The molecule has 0 radical (unpaired) electrons. The first-order valence-electron chi connectivity index (χ1n) is 4.63. The molecule has 2 heteroatoms. The lowest BCUT2D eigenvalue weighted by molar-refractivity contribution is 0.721. The minimum atomic E-state index is 0.317. The van der Waals surface area contributed by atoms with E-state index in [0.29, 0.717) is 6.04 Å². The quantitative estimate of drug-likeness (QED) is 0.748. The molecule has 2 N–H and O–H groups in total. The number of nitrogens with two attached hydrogens (primary N) is 1. The van der Waals surface area contributed by atoms with Gasteiger partial charge in [-0.05, 0) is 38.2 Å². The van der Waals surface area contributed by atoms with Crippen molar-refractivity contribution in [3.05, 3.63) is 29.8 Å². The monoisotopic (exact) mass is 195 g/mol. The zero-order chi connectivity index (χ0) is 9.68. The van der Waals surface area contributed by atoms with Gasteiger partial charge in [-0.2, -0.15) is 0 Å². The van der Waals surface area contributed by atoms with Gasteiger partial charge in [-0.3, -0.25) is 0 Å². The number of thioether (sulfide) groups is 1. The lowest BCUT2D eigenvalue weighted by atomic mass is 10.2. The summed E-state index contributed by atoms with van der Waals surface area (Å²) in [6, 6.07) is 8.90. The Labute approximate surface area is 84.7 Å². The van der Waals surface area contributed by atoms with Crippen LogP contribution in [0.25, 0.3) is 0 Å². The molecule has 72 valence electrons. The highest BCUT2D eigenvalue weighted by Crippen LogP contribution is 2.19. The Bertz CT molecular complexity index is 258. The second kappa shape index (κ2) is 5.30. The van der Waals surface area contributed by atoms with Crippen molar-refractivity contribution in [2.45, 2.75) is 31.2 Å². The highest BCUT2D eigenvalue weighted by atomic mass is 32.2. The highest BCUT2D eigenvalue weighted by molar-refractivity contribution is 7.99. The standard InChI is InChI=1S/C11H17NS/c1-9-4-3-5-11(8-9)13-7-6-10(2)12/h3-5,8,10H,6-7,12H2,1-2H3. The van der Waals surface area contributed by atoms with Gasteiger partial charge >= 0.3 is 0 Å². The van der Waals surface area contributed by atoms with Crippen LogP contribution in [0.3, 0.4) is 0 Å². The molecule has 0 aliphatic carbocycles. The Morgan fingerprint density at radius 2 is 2.23 bits per heavy atom. The van der Waals surface area contributed by atoms with Crippen molar-refractivity contribution < 1.29 is 0 Å². The molecule has 0 heterocycles. The minimum absolute atomic E-state index is 0.317. The summed E-state index contributed by atoms with van der Waals surface area (Å²) in [5.74, 6) is 1.11. The lowest BCUT2D eigenvalue weighted by Crippen LogP contribution is -2.15. The van der Waals surface area contributed by atoms with Crippen molar-refractivity contribution in [2.75, 3.05) is 5.75 Å². The smallest absolute Gasteiger partial charge is 0.00745 e. The SMILES string of the molecule is Cc1cccc(SCCC(C)N)c1. The summed E-state index contributed by atoms with van der Waals surface area (Å²) in [6.45, 7) is 4.17. The second-order valence-corrected chi connectivity index (χ2v) is 4.60. The van der Waals surface area contributed by atoms with Crippen molar-refractivity contribution in [2.24, 2.45) is 5.73 Å². The molecule has 1 unspecified atom stereocenters. The van der Waals surface area contributed by atoms with E-state index in [0.717, 1.165) is 12.2 Å². The molecule has 0 amide bonds. The number of aryl methyl sites for hydroxylation is 1.